The number of anilines is 1. The Balaban J connectivity index is 1.28. The van der Waals surface area contributed by atoms with Crippen LogP contribution in [0, 0.1) is 6.92 Å². The molecule has 134 valence electrons. The van der Waals surface area contributed by atoms with Gasteiger partial charge in [0.25, 0.3) is 0 Å². The van der Waals surface area contributed by atoms with Gasteiger partial charge in [-0.15, -0.1) is 10.2 Å². The Hall–Kier alpha value is -2.66. The maximum atomic E-state index is 5.81. The summed E-state index contributed by atoms with van der Waals surface area (Å²) in [5, 5.41) is 8.36. The Morgan fingerprint density at radius 3 is 2.50 bits per heavy atom. The van der Waals surface area contributed by atoms with Gasteiger partial charge in [0.1, 0.15) is 0 Å². The molecule has 26 heavy (non-hydrogen) atoms. The highest BCUT2D eigenvalue weighted by molar-refractivity contribution is 5.51. The van der Waals surface area contributed by atoms with E-state index in [1.807, 2.05) is 30.3 Å². The molecule has 2 aromatic carbocycles. The van der Waals surface area contributed by atoms with Gasteiger partial charge >= 0.3 is 0 Å². The minimum atomic E-state index is 0.602. The standard InChI is InChI=1S/C21H24N4O/c1-17-6-5-9-19(16-17)25-14-12-24(13-15-25)11-10-20-22-23-21(26-20)18-7-3-2-4-8-18/h2-9,16H,10-15H2,1H3. The maximum Gasteiger partial charge on any atom is 0.247 e. The molecule has 0 bridgehead atoms. The van der Waals surface area contributed by atoms with E-state index in [1.54, 1.807) is 0 Å². The fourth-order valence-corrected chi connectivity index (χ4v) is 3.36. The van der Waals surface area contributed by atoms with Gasteiger partial charge in [-0.2, -0.15) is 0 Å². The van der Waals surface area contributed by atoms with Gasteiger partial charge in [-0.1, -0.05) is 30.3 Å². The second-order valence-corrected chi connectivity index (χ2v) is 6.78. The first-order valence-corrected chi connectivity index (χ1v) is 9.20. The molecule has 1 aromatic heterocycles. The molecular formula is C21H24N4O. The molecule has 5 heteroatoms. The lowest BCUT2D eigenvalue weighted by Crippen LogP contribution is -2.47. The predicted molar refractivity (Wildman–Crippen MR) is 103 cm³/mol. The quantitative estimate of drug-likeness (QED) is 0.707. The third kappa shape index (κ3) is 3.94. The summed E-state index contributed by atoms with van der Waals surface area (Å²) >= 11 is 0. The van der Waals surface area contributed by atoms with E-state index in [1.165, 1.54) is 11.3 Å². The zero-order valence-electron chi connectivity index (χ0n) is 15.1. The second-order valence-electron chi connectivity index (χ2n) is 6.78. The smallest absolute Gasteiger partial charge is 0.247 e. The lowest BCUT2D eigenvalue weighted by Gasteiger charge is -2.36. The van der Waals surface area contributed by atoms with Crippen molar-refractivity contribution in [3.63, 3.8) is 0 Å². The molecule has 2 heterocycles. The van der Waals surface area contributed by atoms with Gasteiger partial charge in [-0.3, -0.25) is 4.90 Å². The van der Waals surface area contributed by atoms with E-state index in [-0.39, 0.29) is 0 Å². The topological polar surface area (TPSA) is 45.4 Å². The Kier molecular flexibility index (Phi) is 4.97. The first kappa shape index (κ1) is 16.8. The van der Waals surface area contributed by atoms with Crippen molar-refractivity contribution in [2.45, 2.75) is 13.3 Å². The SMILES string of the molecule is Cc1cccc(N2CCN(CCc3nnc(-c4ccccc4)o3)CC2)c1. The molecule has 1 aliphatic heterocycles. The number of hydrogen-bond acceptors (Lipinski definition) is 5. The molecule has 0 spiro atoms. The van der Waals surface area contributed by atoms with Crippen LogP contribution in [0.3, 0.4) is 0 Å². The third-order valence-corrected chi connectivity index (χ3v) is 4.87. The van der Waals surface area contributed by atoms with Gasteiger partial charge in [-0.05, 0) is 36.8 Å². The van der Waals surface area contributed by atoms with Crippen LogP contribution in [-0.4, -0.2) is 47.8 Å². The van der Waals surface area contributed by atoms with Gasteiger partial charge in [0.05, 0.1) is 0 Å². The maximum absolute atomic E-state index is 5.81. The summed E-state index contributed by atoms with van der Waals surface area (Å²) in [5.74, 6) is 1.31. The fourth-order valence-electron chi connectivity index (χ4n) is 3.36. The van der Waals surface area contributed by atoms with Crippen molar-refractivity contribution in [2.24, 2.45) is 0 Å². The molecule has 0 saturated carbocycles. The number of aromatic nitrogens is 2. The number of rotatable bonds is 5. The summed E-state index contributed by atoms with van der Waals surface area (Å²) in [7, 11) is 0. The highest BCUT2D eigenvalue weighted by atomic mass is 16.4. The first-order valence-electron chi connectivity index (χ1n) is 9.20. The molecule has 3 aromatic rings. The number of hydrogen-bond donors (Lipinski definition) is 0. The second kappa shape index (κ2) is 7.70. The van der Waals surface area contributed by atoms with Crippen LogP contribution in [0.1, 0.15) is 11.5 Å². The molecule has 0 atom stereocenters. The monoisotopic (exact) mass is 348 g/mol. The van der Waals surface area contributed by atoms with Crippen molar-refractivity contribution in [1.29, 1.82) is 0 Å². The van der Waals surface area contributed by atoms with Gasteiger partial charge in [0.2, 0.25) is 11.8 Å². The van der Waals surface area contributed by atoms with E-state index in [0.717, 1.165) is 44.7 Å². The zero-order chi connectivity index (χ0) is 17.8. The largest absolute Gasteiger partial charge is 0.421 e. The Bertz CT molecular complexity index is 838. The molecule has 0 unspecified atom stereocenters. The van der Waals surface area contributed by atoms with E-state index in [4.69, 9.17) is 4.42 Å². The van der Waals surface area contributed by atoms with Crippen molar-refractivity contribution in [2.75, 3.05) is 37.6 Å². The Morgan fingerprint density at radius 2 is 1.73 bits per heavy atom. The van der Waals surface area contributed by atoms with Crippen LogP contribution < -0.4 is 4.90 Å². The number of nitrogens with zero attached hydrogens (tertiary/aromatic N) is 4. The molecule has 0 radical (unpaired) electrons. The van der Waals surface area contributed by atoms with E-state index in [0.29, 0.717) is 11.8 Å². The summed E-state index contributed by atoms with van der Waals surface area (Å²) in [6.45, 7) is 7.35. The summed E-state index contributed by atoms with van der Waals surface area (Å²) in [4.78, 5) is 4.93. The third-order valence-electron chi connectivity index (χ3n) is 4.87. The number of benzene rings is 2. The lowest BCUT2D eigenvalue weighted by atomic mass is 10.2. The van der Waals surface area contributed by atoms with E-state index in [9.17, 15) is 0 Å². The average Bonchev–Trinajstić information content (AvgIpc) is 3.17. The van der Waals surface area contributed by atoms with Crippen LogP contribution in [0.15, 0.2) is 59.0 Å². The lowest BCUT2D eigenvalue weighted by molar-refractivity contribution is 0.254. The Labute approximate surface area is 154 Å². The van der Waals surface area contributed by atoms with Crippen LogP contribution in [0.5, 0.6) is 0 Å². The Morgan fingerprint density at radius 1 is 0.923 bits per heavy atom. The zero-order valence-corrected chi connectivity index (χ0v) is 15.1. The number of piperazine rings is 1. The van der Waals surface area contributed by atoms with Crippen LogP contribution in [-0.2, 0) is 6.42 Å². The van der Waals surface area contributed by atoms with E-state index < -0.39 is 0 Å². The van der Waals surface area contributed by atoms with Crippen molar-refractivity contribution in [3.05, 3.63) is 66.1 Å². The molecule has 5 nitrogen and oxygen atoms in total. The first-order chi connectivity index (χ1) is 12.8. The highest BCUT2D eigenvalue weighted by Crippen LogP contribution is 2.19. The summed E-state index contributed by atoms with van der Waals surface area (Å²) in [6, 6.07) is 18.7. The minimum absolute atomic E-state index is 0.602. The molecule has 1 saturated heterocycles. The fraction of sp³-hybridized carbons (Fsp3) is 0.333. The normalized spacial score (nSPS) is 15.3. The van der Waals surface area contributed by atoms with E-state index >= 15 is 0 Å². The predicted octanol–water partition coefficient (Wildman–Crippen LogP) is 3.41. The van der Waals surface area contributed by atoms with Gasteiger partial charge in [0.15, 0.2) is 0 Å². The van der Waals surface area contributed by atoms with Crippen LogP contribution >= 0.6 is 0 Å². The van der Waals surface area contributed by atoms with Crippen molar-refractivity contribution in [3.8, 4) is 11.5 Å². The van der Waals surface area contributed by atoms with Crippen LogP contribution in [0.25, 0.3) is 11.5 Å². The van der Waals surface area contributed by atoms with Gasteiger partial charge in [0, 0.05) is 50.4 Å². The average molecular weight is 348 g/mol. The van der Waals surface area contributed by atoms with E-state index in [2.05, 4.69) is 51.2 Å². The van der Waals surface area contributed by atoms with Crippen molar-refractivity contribution < 1.29 is 4.42 Å². The molecule has 0 amide bonds. The molecule has 0 N–H and O–H groups in total. The summed E-state index contributed by atoms with van der Waals surface area (Å²) in [5.41, 5.74) is 3.61. The van der Waals surface area contributed by atoms with Gasteiger partial charge in [-0.25, -0.2) is 0 Å². The van der Waals surface area contributed by atoms with Crippen LogP contribution in [0.4, 0.5) is 5.69 Å². The summed E-state index contributed by atoms with van der Waals surface area (Å²) < 4.78 is 5.81. The minimum Gasteiger partial charge on any atom is -0.421 e. The molecule has 4 rings (SSSR count). The molecule has 1 aliphatic rings. The van der Waals surface area contributed by atoms with Crippen molar-refractivity contribution in [1.82, 2.24) is 15.1 Å². The molecule has 0 aliphatic carbocycles. The highest BCUT2D eigenvalue weighted by Gasteiger charge is 2.18. The van der Waals surface area contributed by atoms with Crippen molar-refractivity contribution >= 4 is 5.69 Å². The molecule has 1 fully saturated rings. The molecular weight excluding hydrogens is 324 g/mol. The summed E-state index contributed by atoms with van der Waals surface area (Å²) in [6.07, 6.45) is 0.796. The number of aryl methyl sites for hydroxylation is 1. The van der Waals surface area contributed by atoms with Crippen LogP contribution in [0.2, 0.25) is 0 Å². The van der Waals surface area contributed by atoms with Gasteiger partial charge < -0.3 is 9.32 Å².